The lowest BCUT2D eigenvalue weighted by Crippen LogP contribution is -2.28. The number of benzene rings is 1. The molecule has 26 heavy (non-hydrogen) atoms. The van der Waals surface area contributed by atoms with Gasteiger partial charge in [-0.05, 0) is 23.9 Å². The second-order valence-corrected chi connectivity index (χ2v) is 6.67. The van der Waals surface area contributed by atoms with Crippen LogP contribution in [-0.4, -0.2) is 21.6 Å². The van der Waals surface area contributed by atoms with Crippen molar-refractivity contribution < 1.29 is 9.59 Å². The van der Waals surface area contributed by atoms with Gasteiger partial charge in [0.25, 0.3) is 17.4 Å². The zero-order valence-corrected chi connectivity index (χ0v) is 15.0. The van der Waals surface area contributed by atoms with Gasteiger partial charge in [-0.1, -0.05) is 31.5 Å². The van der Waals surface area contributed by atoms with E-state index in [2.05, 4.69) is 10.4 Å². The third-order valence-electron chi connectivity index (χ3n) is 3.96. The fourth-order valence-electron chi connectivity index (χ4n) is 2.62. The topological polar surface area (TPSA) is 107 Å². The first-order chi connectivity index (χ1) is 12.5. The van der Waals surface area contributed by atoms with E-state index < -0.39 is 11.8 Å². The third-order valence-corrected chi connectivity index (χ3v) is 4.79. The average Bonchev–Trinajstić information content (AvgIpc) is 3.09. The molecule has 0 atom stereocenters. The van der Waals surface area contributed by atoms with E-state index in [1.54, 1.807) is 35.7 Å². The highest BCUT2D eigenvalue weighted by Gasteiger charge is 2.19. The molecule has 3 N–H and O–H groups in total. The van der Waals surface area contributed by atoms with Gasteiger partial charge in [0.2, 0.25) is 0 Å². The van der Waals surface area contributed by atoms with Gasteiger partial charge >= 0.3 is 0 Å². The second-order valence-electron chi connectivity index (χ2n) is 5.76. The Labute approximate surface area is 153 Å². The number of aryl methyl sites for hydroxylation is 1. The minimum atomic E-state index is -0.618. The van der Waals surface area contributed by atoms with Crippen molar-refractivity contribution in [3.05, 3.63) is 57.3 Å². The second kappa shape index (κ2) is 7.49. The smallest absolute Gasteiger partial charge is 0.277 e. The van der Waals surface area contributed by atoms with Gasteiger partial charge in [-0.3, -0.25) is 14.4 Å². The Morgan fingerprint density at radius 3 is 2.65 bits per heavy atom. The highest BCUT2D eigenvalue weighted by Crippen LogP contribution is 2.24. The fraction of sp³-hybridized carbons (Fsp3) is 0.222. The summed E-state index contributed by atoms with van der Waals surface area (Å²) in [5, 5.41) is 9.90. The molecule has 0 aliphatic heterocycles. The molecule has 0 unspecified atom stereocenters. The first-order valence-electron chi connectivity index (χ1n) is 8.21. The van der Waals surface area contributed by atoms with Crippen LogP contribution in [0.25, 0.3) is 10.8 Å². The summed E-state index contributed by atoms with van der Waals surface area (Å²) in [7, 11) is 0. The molecule has 0 fully saturated rings. The number of rotatable bonds is 6. The summed E-state index contributed by atoms with van der Waals surface area (Å²) < 4.78 is 1.32. The highest BCUT2D eigenvalue weighted by atomic mass is 32.1. The van der Waals surface area contributed by atoms with Crippen molar-refractivity contribution in [1.29, 1.82) is 0 Å². The number of hydrogen-bond acceptors (Lipinski definition) is 5. The third kappa shape index (κ3) is 3.36. The Kier molecular flexibility index (Phi) is 5.13. The van der Waals surface area contributed by atoms with Gasteiger partial charge in [0, 0.05) is 11.9 Å². The number of primary amides is 1. The number of thiophene rings is 1. The number of hydrogen-bond donors (Lipinski definition) is 2. The standard InChI is InChI=1S/C18H18N4O3S/c1-2-3-9-22-18(25)12-7-5-4-6-11(12)14(21-22)16(24)20-17-13(15(19)23)8-10-26-17/h4-8,10H,2-3,9H2,1H3,(H2,19,23)(H,20,24). The predicted octanol–water partition coefficient (Wildman–Crippen LogP) is 2.61. The van der Waals surface area contributed by atoms with Crippen molar-refractivity contribution in [3.8, 4) is 0 Å². The zero-order valence-electron chi connectivity index (χ0n) is 14.2. The first kappa shape index (κ1) is 17.8. The van der Waals surface area contributed by atoms with E-state index in [-0.39, 0.29) is 16.8 Å². The molecule has 1 aromatic carbocycles. The Morgan fingerprint density at radius 2 is 1.96 bits per heavy atom. The molecule has 2 aromatic heterocycles. The summed E-state index contributed by atoms with van der Waals surface area (Å²) in [6, 6.07) is 8.41. The number of nitrogens with two attached hydrogens (primary N) is 1. The molecule has 0 radical (unpaired) electrons. The quantitative estimate of drug-likeness (QED) is 0.695. The maximum absolute atomic E-state index is 12.8. The lowest BCUT2D eigenvalue weighted by molar-refractivity contribution is 0.100. The molecule has 0 spiro atoms. The Bertz CT molecular complexity index is 1040. The minimum Gasteiger partial charge on any atom is -0.366 e. The number of fused-ring (bicyclic) bond motifs is 1. The van der Waals surface area contributed by atoms with Gasteiger partial charge in [0.15, 0.2) is 5.69 Å². The van der Waals surface area contributed by atoms with E-state index in [9.17, 15) is 14.4 Å². The number of unbranched alkanes of at least 4 members (excludes halogenated alkanes) is 1. The van der Waals surface area contributed by atoms with Crippen molar-refractivity contribution >= 4 is 38.9 Å². The van der Waals surface area contributed by atoms with Crippen molar-refractivity contribution in [1.82, 2.24) is 9.78 Å². The Balaban J connectivity index is 2.06. The van der Waals surface area contributed by atoms with Crippen LogP contribution in [0.4, 0.5) is 5.00 Å². The van der Waals surface area contributed by atoms with E-state index in [1.807, 2.05) is 6.92 Å². The largest absolute Gasteiger partial charge is 0.366 e. The van der Waals surface area contributed by atoms with E-state index in [0.29, 0.717) is 22.3 Å². The molecular formula is C18H18N4O3S. The molecule has 3 rings (SSSR count). The van der Waals surface area contributed by atoms with Crippen molar-refractivity contribution in [2.45, 2.75) is 26.3 Å². The van der Waals surface area contributed by atoms with Gasteiger partial charge in [-0.15, -0.1) is 11.3 Å². The van der Waals surface area contributed by atoms with Crippen LogP contribution in [0.15, 0.2) is 40.5 Å². The molecule has 3 aromatic rings. The lowest BCUT2D eigenvalue weighted by atomic mass is 10.1. The summed E-state index contributed by atoms with van der Waals surface area (Å²) >= 11 is 1.20. The van der Waals surface area contributed by atoms with E-state index in [1.165, 1.54) is 16.0 Å². The molecule has 134 valence electrons. The normalized spacial score (nSPS) is 10.8. The van der Waals surface area contributed by atoms with Crippen LogP contribution in [0.3, 0.4) is 0 Å². The number of nitrogens with zero attached hydrogens (tertiary/aromatic N) is 2. The summed E-state index contributed by atoms with van der Waals surface area (Å²) in [5.74, 6) is -1.11. The maximum Gasteiger partial charge on any atom is 0.277 e. The lowest BCUT2D eigenvalue weighted by Gasteiger charge is -2.11. The number of nitrogens with one attached hydrogen (secondary N) is 1. The zero-order chi connectivity index (χ0) is 18.7. The molecule has 2 amide bonds. The van der Waals surface area contributed by atoms with Gasteiger partial charge in [0.1, 0.15) is 5.00 Å². The molecule has 0 bridgehead atoms. The van der Waals surface area contributed by atoms with Crippen LogP contribution < -0.4 is 16.6 Å². The number of carbonyl (C=O) groups excluding carboxylic acids is 2. The van der Waals surface area contributed by atoms with Gasteiger partial charge in [-0.25, -0.2) is 4.68 Å². The van der Waals surface area contributed by atoms with E-state index >= 15 is 0 Å². The van der Waals surface area contributed by atoms with Gasteiger partial charge in [-0.2, -0.15) is 5.10 Å². The molecule has 7 nitrogen and oxygen atoms in total. The molecule has 0 aliphatic carbocycles. The van der Waals surface area contributed by atoms with E-state index in [0.717, 1.165) is 12.8 Å². The summed E-state index contributed by atoms with van der Waals surface area (Å²) in [4.78, 5) is 36.8. The average molecular weight is 370 g/mol. The first-order valence-corrected chi connectivity index (χ1v) is 9.09. The number of anilines is 1. The Hall–Kier alpha value is -3.00. The van der Waals surface area contributed by atoms with Crippen LogP contribution >= 0.6 is 11.3 Å². The molecule has 0 saturated heterocycles. The SMILES string of the molecule is CCCCn1nc(C(=O)Nc2sccc2C(N)=O)c2ccccc2c1=O. The van der Waals surface area contributed by atoms with Crippen LogP contribution in [0, 0.1) is 0 Å². The minimum absolute atomic E-state index is 0.139. The van der Waals surface area contributed by atoms with Crippen molar-refractivity contribution in [3.63, 3.8) is 0 Å². The number of aromatic nitrogens is 2. The molecule has 0 aliphatic rings. The van der Waals surface area contributed by atoms with Crippen LogP contribution in [0.1, 0.15) is 40.6 Å². The van der Waals surface area contributed by atoms with Crippen LogP contribution in [0.2, 0.25) is 0 Å². The number of carbonyl (C=O) groups is 2. The number of amides is 2. The molecule has 0 saturated carbocycles. The summed E-state index contributed by atoms with van der Waals surface area (Å²) in [5.41, 5.74) is 5.48. The molecule has 2 heterocycles. The van der Waals surface area contributed by atoms with Crippen molar-refractivity contribution in [2.24, 2.45) is 5.73 Å². The van der Waals surface area contributed by atoms with Crippen LogP contribution in [-0.2, 0) is 6.54 Å². The Morgan fingerprint density at radius 1 is 1.23 bits per heavy atom. The van der Waals surface area contributed by atoms with Gasteiger partial charge in [0.05, 0.1) is 10.9 Å². The maximum atomic E-state index is 12.8. The monoisotopic (exact) mass is 370 g/mol. The van der Waals surface area contributed by atoms with Crippen LogP contribution in [0.5, 0.6) is 0 Å². The molecule has 8 heteroatoms. The van der Waals surface area contributed by atoms with Gasteiger partial charge < -0.3 is 11.1 Å². The summed E-state index contributed by atoms with van der Waals surface area (Å²) in [6.45, 7) is 2.45. The predicted molar refractivity (Wildman–Crippen MR) is 102 cm³/mol. The van der Waals surface area contributed by atoms with Crippen molar-refractivity contribution in [2.75, 3.05) is 5.32 Å². The molecular weight excluding hydrogens is 352 g/mol. The summed E-state index contributed by atoms with van der Waals surface area (Å²) in [6.07, 6.45) is 1.68. The fourth-order valence-corrected chi connectivity index (χ4v) is 3.41. The van der Waals surface area contributed by atoms with E-state index in [4.69, 9.17) is 5.73 Å². The highest BCUT2D eigenvalue weighted by molar-refractivity contribution is 7.14.